The molecule has 3 nitrogen and oxygen atoms in total. The number of anilines is 1. The molecule has 0 aliphatic rings. The lowest BCUT2D eigenvalue weighted by Gasteiger charge is -2.24. The van der Waals surface area contributed by atoms with Crippen LogP contribution in [0.15, 0.2) is 18.3 Å². The third-order valence-electron chi connectivity index (χ3n) is 2.46. The second kappa shape index (κ2) is 5.12. The van der Waals surface area contributed by atoms with Crippen molar-refractivity contribution in [1.29, 1.82) is 0 Å². The highest BCUT2D eigenvalue weighted by atomic mass is 16.3. The fourth-order valence-corrected chi connectivity index (χ4v) is 1.39. The summed E-state index contributed by atoms with van der Waals surface area (Å²) < 4.78 is 0. The molecular weight excluding hydrogens is 188 g/mol. The molecule has 0 saturated carbocycles. The van der Waals surface area contributed by atoms with E-state index in [0.29, 0.717) is 0 Å². The van der Waals surface area contributed by atoms with Gasteiger partial charge in [0.05, 0.1) is 0 Å². The zero-order valence-corrected chi connectivity index (χ0v) is 9.75. The maximum absolute atomic E-state index is 8.91. The van der Waals surface area contributed by atoms with Crippen LogP contribution in [0.3, 0.4) is 0 Å². The molecule has 0 aromatic carbocycles. The average Bonchev–Trinajstić information content (AvgIpc) is 2.15. The molecule has 0 radical (unpaired) electrons. The third-order valence-corrected chi connectivity index (χ3v) is 2.46. The Bertz CT molecular complexity index is 310. The molecule has 1 aromatic heterocycles. The first-order chi connectivity index (χ1) is 7.03. The fourth-order valence-electron chi connectivity index (χ4n) is 1.39. The van der Waals surface area contributed by atoms with Gasteiger partial charge < -0.3 is 10.4 Å². The van der Waals surface area contributed by atoms with Crippen LogP contribution in [-0.2, 0) is 0 Å². The Morgan fingerprint density at radius 3 is 2.80 bits per heavy atom. The monoisotopic (exact) mass is 208 g/mol. The van der Waals surface area contributed by atoms with Crippen LogP contribution >= 0.6 is 0 Å². The summed E-state index contributed by atoms with van der Waals surface area (Å²) in [5, 5.41) is 12.3. The van der Waals surface area contributed by atoms with E-state index in [1.165, 1.54) is 0 Å². The number of hydrogen-bond acceptors (Lipinski definition) is 3. The quantitative estimate of drug-likeness (QED) is 0.779. The number of aliphatic hydroxyl groups excluding tert-OH is 1. The Labute approximate surface area is 91.5 Å². The van der Waals surface area contributed by atoms with Gasteiger partial charge in [-0.05, 0) is 30.9 Å². The van der Waals surface area contributed by atoms with Crippen molar-refractivity contribution in [2.75, 3.05) is 18.5 Å². The second-order valence-electron chi connectivity index (χ2n) is 4.68. The summed E-state index contributed by atoms with van der Waals surface area (Å²) in [5.74, 6) is 0. The number of hydrogen-bond donors (Lipinski definition) is 2. The third kappa shape index (κ3) is 4.30. The molecule has 1 heterocycles. The molecule has 3 heteroatoms. The predicted octanol–water partition coefficient (Wildman–Crippen LogP) is 2.21. The first-order valence-electron chi connectivity index (χ1n) is 5.31. The van der Waals surface area contributed by atoms with E-state index in [1.807, 2.05) is 19.1 Å². The molecule has 0 aliphatic carbocycles. The molecule has 0 amide bonds. The molecule has 0 fully saturated rings. The summed E-state index contributed by atoms with van der Waals surface area (Å²) >= 11 is 0. The Morgan fingerprint density at radius 2 is 2.20 bits per heavy atom. The standard InChI is InChI=1S/C12H20N2O/c1-10-8-11(4-6-13-10)14-9-12(2,3)5-7-15/h4,6,8,15H,5,7,9H2,1-3H3,(H,13,14). The molecule has 15 heavy (non-hydrogen) atoms. The molecule has 1 rings (SSSR count). The predicted molar refractivity (Wildman–Crippen MR) is 62.9 cm³/mol. The van der Waals surface area contributed by atoms with Gasteiger partial charge in [0.1, 0.15) is 0 Å². The summed E-state index contributed by atoms with van der Waals surface area (Å²) in [7, 11) is 0. The smallest absolute Gasteiger partial charge is 0.0436 e. The minimum atomic E-state index is 0.117. The lowest BCUT2D eigenvalue weighted by molar-refractivity contribution is 0.220. The Hall–Kier alpha value is -1.09. The van der Waals surface area contributed by atoms with Crippen LogP contribution in [0.4, 0.5) is 5.69 Å². The Balaban J connectivity index is 2.49. The van der Waals surface area contributed by atoms with Gasteiger partial charge in [0.25, 0.3) is 0 Å². The second-order valence-corrected chi connectivity index (χ2v) is 4.68. The highest BCUT2D eigenvalue weighted by Gasteiger charge is 2.16. The number of aliphatic hydroxyl groups is 1. The normalized spacial score (nSPS) is 11.5. The van der Waals surface area contributed by atoms with Crippen LogP contribution in [0.25, 0.3) is 0 Å². The molecule has 84 valence electrons. The zero-order valence-electron chi connectivity index (χ0n) is 9.75. The van der Waals surface area contributed by atoms with Crippen molar-refractivity contribution in [1.82, 2.24) is 4.98 Å². The molecule has 0 atom stereocenters. The van der Waals surface area contributed by atoms with Crippen LogP contribution in [0, 0.1) is 12.3 Å². The van der Waals surface area contributed by atoms with Gasteiger partial charge in [0.15, 0.2) is 0 Å². The van der Waals surface area contributed by atoms with E-state index in [0.717, 1.165) is 24.3 Å². The average molecular weight is 208 g/mol. The largest absolute Gasteiger partial charge is 0.396 e. The van der Waals surface area contributed by atoms with Crippen molar-refractivity contribution in [2.24, 2.45) is 5.41 Å². The maximum Gasteiger partial charge on any atom is 0.0436 e. The van der Waals surface area contributed by atoms with Crippen molar-refractivity contribution in [3.63, 3.8) is 0 Å². The van der Waals surface area contributed by atoms with Crippen LogP contribution in [0.5, 0.6) is 0 Å². The van der Waals surface area contributed by atoms with E-state index >= 15 is 0 Å². The van der Waals surface area contributed by atoms with E-state index in [1.54, 1.807) is 6.20 Å². The Morgan fingerprint density at radius 1 is 1.47 bits per heavy atom. The first kappa shape index (κ1) is 12.0. The maximum atomic E-state index is 8.91. The summed E-state index contributed by atoms with van der Waals surface area (Å²) in [5.41, 5.74) is 2.22. The number of nitrogens with zero attached hydrogens (tertiary/aromatic N) is 1. The lowest BCUT2D eigenvalue weighted by Crippen LogP contribution is -2.24. The van der Waals surface area contributed by atoms with Gasteiger partial charge in [0, 0.05) is 30.7 Å². The molecule has 1 aromatic rings. The highest BCUT2D eigenvalue weighted by Crippen LogP contribution is 2.20. The summed E-state index contributed by atoms with van der Waals surface area (Å²) in [6, 6.07) is 3.98. The number of nitrogens with one attached hydrogen (secondary N) is 1. The molecule has 0 unspecified atom stereocenters. The zero-order chi connectivity index (χ0) is 11.3. The van der Waals surface area contributed by atoms with Crippen molar-refractivity contribution in [3.8, 4) is 0 Å². The van der Waals surface area contributed by atoms with E-state index in [9.17, 15) is 0 Å². The molecular formula is C12H20N2O. The lowest BCUT2D eigenvalue weighted by atomic mass is 9.90. The van der Waals surface area contributed by atoms with Crippen molar-refractivity contribution >= 4 is 5.69 Å². The van der Waals surface area contributed by atoms with E-state index in [4.69, 9.17) is 5.11 Å². The summed E-state index contributed by atoms with van der Waals surface area (Å²) in [6.07, 6.45) is 2.61. The molecule has 0 spiro atoms. The molecule has 0 bridgehead atoms. The van der Waals surface area contributed by atoms with Gasteiger partial charge >= 0.3 is 0 Å². The minimum Gasteiger partial charge on any atom is -0.396 e. The van der Waals surface area contributed by atoms with Gasteiger partial charge in [0.2, 0.25) is 0 Å². The van der Waals surface area contributed by atoms with Crippen LogP contribution in [0.2, 0.25) is 0 Å². The fraction of sp³-hybridized carbons (Fsp3) is 0.583. The van der Waals surface area contributed by atoms with Crippen molar-refractivity contribution in [2.45, 2.75) is 27.2 Å². The topological polar surface area (TPSA) is 45.1 Å². The summed E-state index contributed by atoms with van der Waals surface area (Å²) in [4.78, 5) is 4.14. The van der Waals surface area contributed by atoms with Crippen molar-refractivity contribution in [3.05, 3.63) is 24.0 Å². The van der Waals surface area contributed by atoms with Gasteiger partial charge in [-0.15, -0.1) is 0 Å². The Kier molecular flexibility index (Phi) is 4.09. The van der Waals surface area contributed by atoms with Crippen LogP contribution < -0.4 is 5.32 Å². The minimum absolute atomic E-state index is 0.117. The highest BCUT2D eigenvalue weighted by molar-refractivity contribution is 5.43. The number of aryl methyl sites for hydroxylation is 1. The van der Waals surface area contributed by atoms with Gasteiger partial charge in [-0.1, -0.05) is 13.8 Å². The molecule has 2 N–H and O–H groups in total. The van der Waals surface area contributed by atoms with Gasteiger partial charge in [-0.3, -0.25) is 4.98 Å². The van der Waals surface area contributed by atoms with E-state index in [-0.39, 0.29) is 12.0 Å². The molecule has 0 saturated heterocycles. The van der Waals surface area contributed by atoms with Crippen LogP contribution in [-0.4, -0.2) is 23.2 Å². The van der Waals surface area contributed by atoms with Crippen molar-refractivity contribution < 1.29 is 5.11 Å². The van der Waals surface area contributed by atoms with Gasteiger partial charge in [-0.25, -0.2) is 0 Å². The number of pyridine rings is 1. The van der Waals surface area contributed by atoms with Gasteiger partial charge in [-0.2, -0.15) is 0 Å². The number of aromatic nitrogens is 1. The SMILES string of the molecule is Cc1cc(NCC(C)(C)CCO)ccn1. The number of rotatable bonds is 5. The van der Waals surface area contributed by atoms with E-state index in [2.05, 4.69) is 24.1 Å². The van der Waals surface area contributed by atoms with E-state index < -0.39 is 0 Å². The summed E-state index contributed by atoms with van der Waals surface area (Å²) in [6.45, 7) is 7.36. The first-order valence-corrected chi connectivity index (χ1v) is 5.31. The molecule has 0 aliphatic heterocycles. The van der Waals surface area contributed by atoms with Crippen LogP contribution in [0.1, 0.15) is 26.0 Å².